The lowest BCUT2D eigenvalue weighted by molar-refractivity contribution is 0.0943. The van der Waals surface area contributed by atoms with Gasteiger partial charge in [-0.15, -0.1) is 11.3 Å². The van der Waals surface area contributed by atoms with Gasteiger partial charge in [-0.3, -0.25) is 9.48 Å². The van der Waals surface area contributed by atoms with Gasteiger partial charge in [-0.25, -0.2) is 4.98 Å². The van der Waals surface area contributed by atoms with Gasteiger partial charge in [0, 0.05) is 30.9 Å². The molecule has 1 N–H and O–H groups in total. The van der Waals surface area contributed by atoms with Crippen LogP contribution in [0.25, 0.3) is 10.2 Å². The topological polar surface area (TPSA) is 95.1 Å². The summed E-state index contributed by atoms with van der Waals surface area (Å²) in [7, 11) is 0. The number of carbonyl (C=O) groups is 1. The smallest absolute Gasteiger partial charge is 0.273 e. The minimum absolute atomic E-state index is 0.187. The first-order valence-corrected chi connectivity index (χ1v) is 10.5. The Morgan fingerprint density at radius 1 is 1.23 bits per heavy atom. The van der Waals surface area contributed by atoms with Crippen molar-refractivity contribution in [2.45, 2.75) is 40.3 Å². The van der Waals surface area contributed by atoms with Crippen molar-refractivity contribution in [1.29, 1.82) is 0 Å². The lowest BCUT2D eigenvalue weighted by Gasteiger charge is -2.05. The number of hydrogen-bond donors (Lipinski definition) is 1. The zero-order valence-electron chi connectivity index (χ0n) is 17.1. The van der Waals surface area contributed by atoms with Gasteiger partial charge >= 0.3 is 0 Å². The van der Waals surface area contributed by atoms with E-state index in [1.54, 1.807) is 17.4 Å². The second-order valence-electron chi connectivity index (χ2n) is 7.09. The molecule has 9 heteroatoms. The number of nitrogens with zero attached hydrogens (tertiary/aromatic N) is 4. The minimum Gasteiger partial charge on any atom is -0.485 e. The first-order chi connectivity index (χ1) is 14.5. The van der Waals surface area contributed by atoms with E-state index in [0.717, 1.165) is 39.6 Å². The Kier molecular flexibility index (Phi) is 5.80. The molecule has 3 aromatic heterocycles. The third-order valence-electron chi connectivity index (χ3n) is 4.57. The molecular weight excluding hydrogens is 402 g/mol. The molecule has 156 valence electrons. The molecule has 3 heterocycles. The van der Waals surface area contributed by atoms with Gasteiger partial charge in [0.25, 0.3) is 5.91 Å². The normalized spacial score (nSPS) is 11.2. The summed E-state index contributed by atoms with van der Waals surface area (Å²) in [5.74, 6) is 0.912. The van der Waals surface area contributed by atoms with Crippen LogP contribution in [0.5, 0.6) is 5.75 Å². The molecule has 0 fully saturated rings. The van der Waals surface area contributed by atoms with Gasteiger partial charge in [-0.1, -0.05) is 5.16 Å². The quantitative estimate of drug-likeness (QED) is 0.432. The number of hydrogen-bond acceptors (Lipinski definition) is 7. The molecule has 4 aromatic rings. The van der Waals surface area contributed by atoms with E-state index < -0.39 is 0 Å². The molecule has 1 aromatic carbocycles. The fourth-order valence-corrected chi connectivity index (χ4v) is 3.98. The van der Waals surface area contributed by atoms with Crippen molar-refractivity contribution >= 4 is 27.5 Å². The minimum atomic E-state index is -0.266. The van der Waals surface area contributed by atoms with Crippen LogP contribution in [0.15, 0.2) is 34.9 Å². The summed E-state index contributed by atoms with van der Waals surface area (Å²) in [6, 6.07) is 9.41. The molecule has 0 unspecified atom stereocenters. The van der Waals surface area contributed by atoms with Crippen LogP contribution in [0.3, 0.4) is 0 Å². The Balaban J connectivity index is 1.25. The molecule has 0 aliphatic heterocycles. The Morgan fingerprint density at radius 3 is 2.90 bits per heavy atom. The number of benzene rings is 1. The van der Waals surface area contributed by atoms with E-state index in [2.05, 4.69) is 20.6 Å². The summed E-state index contributed by atoms with van der Waals surface area (Å²) < 4.78 is 14.0. The average Bonchev–Trinajstić information content (AvgIpc) is 3.41. The standard InChI is InChI=1S/C21H23N5O3S/c1-13-9-14(2)26(24-13)8-4-7-22-21(27)19-11-17(29-25-19)12-28-16-5-6-20-18(10-16)23-15(3)30-20/h5-6,9-11H,4,7-8,12H2,1-3H3,(H,22,27). The summed E-state index contributed by atoms with van der Waals surface area (Å²) in [5.41, 5.74) is 3.26. The van der Waals surface area contributed by atoms with Crippen molar-refractivity contribution < 1.29 is 14.1 Å². The molecule has 0 saturated heterocycles. The molecule has 0 radical (unpaired) electrons. The van der Waals surface area contributed by atoms with E-state index in [0.29, 0.717) is 18.1 Å². The Bertz CT molecular complexity index is 1180. The van der Waals surface area contributed by atoms with Crippen molar-refractivity contribution in [2.24, 2.45) is 0 Å². The van der Waals surface area contributed by atoms with Crippen LogP contribution in [-0.4, -0.2) is 32.4 Å². The molecule has 0 atom stereocenters. The Hall–Kier alpha value is -3.20. The lowest BCUT2D eigenvalue weighted by Crippen LogP contribution is -2.25. The van der Waals surface area contributed by atoms with Crippen molar-refractivity contribution in [3.05, 3.63) is 58.2 Å². The van der Waals surface area contributed by atoms with E-state index in [9.17, 15) is 4.79 Å². The van der Waals surface area contributed by atoms with Crippen molar-refractivity contribution in [3.63, 3.8) is 0 Å². The number of rotatable bonds is 8. The highest BCUT2D eigenvalue weighted by molar-refractivity contribution is 7.18. The van der Waals surface area contributed by atoms with Crippen LogP contribution in [-0.2, 0) is 13.2 Å². The Morgan fingerprint density at radius 2 is 2.10 bits per heavy atom. The monoisotopic (exact) mass is 425 g/mol. The number of ether oxygens (including phenoxy) is 1. The van der Waals surface area contributed by atoms with Gasteiger partial charge in [0.2, 0.25) is 0 Å². The van der Waals surface area contributed by atoms with Crippen molar-refractivity contribution in [2.75, 3.05) is 6.54 Å². The summed E-state index contributed by atoms with van der Waals surface area (Å²) in [6.07, 6.45) is 0.778. The van der Waals surface area contributed by atoms with E-state index in [-0.39, 0.29) is 18.2 Å². The van der Waals surface area contributed by atoms with E-state index >= 15 is 0 Å². The fourth-order valence-electron chi connectivity index (χ4n) is 3.18. The average molecular weight is 426 g/mol. The van der Waals surface area contributed by atoms with Crippen molar-refractivity contribution in [1.82, 2.24) is 25.2 Å². The number of nitrogens with one attached hydrogen (secondary N) is 1. The van der Waals surface area contributed by atoms with Gasteiger partial charge in [0.1, 0.15) is 12.4 Å². The molecule has 4 rings (SSSR count). The van der Waals surface area contributed by atoms with Crippen LogP contribution in [0.1, 0.15) is 39.1 Å². The molecule has 30 heavy (non-hydrogen) atoms. The van der Waals surface area contributed by atoms with Gasteiger partial charge in [0.15, 0.2) is 11.5 Å². The number of thiazole rings is 1. The maximum atomic E-state index is 12.3. The van der Waals surface area contributed by atoms with Crippen LogP contribution in [0.4, 0.5) is 0 Å². The summed E-state index contributed by atoms with van der Waals surface area (Å²) in [4.78, 5) is 16.7. The van der Waals surface area contributed by atoms with Crippen LogP contribution in [0.2, 0.25) is 0 Å². The summed E-state index contributed by atoms with van der Waals surface area (Å²) >= 11 is 1.65. The summed E-state index contributed by atoms with van der Waals surface area (Å²) in [5, 5.41) is 12.1. The van der Waals surface area contributed by atoms with Crippen LogP contribution in [0, 0.1) is 20.8 Å². The maximum absolute atomic E-state index is 12.3. The number of carbonyl (C=O) groups excluding carboxylic acids is 1. The number of aryl methyl sites for hydroxylation is 4. The molecular formula is C21H23N5O3S. The third kappa shape index (κ3) is 4.68. The molecule has 0 saturated carbocycles. The SMILES string of the molecule is Cc1cc(C)n(CCCNC(=O)c2cc(COc3ccc4sc(C)nc4c3)on2)n1. The van der Waals surface area contributed by atoms with Gasteiger partial charge in [-0.2, -0.15) is 5.10 Å². The number of fused-ring (bicyclic) bond motifs is 1. The summed E-state index contributed by atoms with van der Waals surface area (Å²) in [6.45, 7) is 7.44. The molecule has 0 spiro atoms. The highest BCUT2D eigenvalue weighted by Gasteiger charge is 2.13. The lowest BCUT2D eigenvalue weighted by atomic mass is 10.3. The zero-order chi connectivity index (χ0) is 21.1. The first kappa shape index (κ1) is 20.1. The second kappa shape index (κ2) is 8.66. The van der Waals surface area contributed by atoms with E-state index in [1.807, 2.05) is 49.7 Å². The highest BCUT2D eigenvalue weighted by Crippen LogP contribution is 2.26. The molecule has 1 amide bonds. The van der Waals surface area contributed by atoms with Gasteiger partial charge < -0.3 is 14.6 Å². The Labute approximate surface area is 177 Å². The third-order valence-corrected chi connectivity index (χ3v) is 5.53. The second-order valence-corrected chi connectivity index (χ2v) is 8.32. The van der Waals surface area contributed by atoms with Gasteiger partial charge in [0.05, 0.1) is 20.9 Å². The molecule has 0 aliphatic rings. The predicted octanol–water partition coefficient (Wildman–Crippen LogP) is 3.81. The number of aromatic nitrogens is 4. The predicted molar refractivity (Wildman–Crippen MR) is 114 cm³/mol. The van der Waals surface area contributed by atoms with E-state index in [4.69, 9.17) is 9.26 Å². The molecule has 8 nitrogen and oxygen atoms in total. The molecule has 0 bridgehead atoms. The number of amides is 1. The van der Waals surface area contributed by atoms with Crippen LogP contribution < -0.4 is 10.1 Å². The van der Waals surface area contributed by atoms with Gasteiger partial charge in [-0.05, 0) is 45.4 Å². The fraction of sp³-hybridized carbons (Fsp3) is 0.333. The largest absolute Gasteiger partial charge is 0.485 e. The van der Waals surface area contributed by atoms with E-state index in [1.165, 1.54) is 0 Å². The maximum Gasteiger partial charge on any atom is 0.273 e. The first-order valence-electron chi connectivity index (χ1n) is 9.73. The highest BCUT2D eigenvalue weighted by atomic mass is 32.1. The zero-order valence-corrected chi connectivity index (χ0v) is 18.0. The van der Waals surface area contributed by atoms with Crippen LogP contribution >= 0.6 is 11.3 Å². The molecule has 0 aliphatic carbocycles. The van der Waals surface area contributed by atoms with Crippen molar-refractivity contribution in [3.8, 4) is 5.75 Å².